The zero-order valence-electron chi connectivity index (χ0n) is 21.8. The molecule has 0 aliphatic rings. The molecule has 1 amide bonds. The Morgan fingerprint density at radius 2 is 1.63 bits per heavy atom. The van der Waals surface area contributed by atoms with Gasteiger partial charge < -0.3 is 15.3 Å². The van der Waals surface area contributed by atoms with Crippen LogP contribution in [0, 0.1) is 5.92 Å². The van der Waals surface area contributed by atoms with Gasteiger partial charge in [-0.05, 0) is 54.2 Å². The normalized spacial score (nSPS) is 10.9. The monoisotopic (exact) mass is 527 g/mol. The van der Waals surface area contributed by atoms with Crippen LogP contribution in [0.4, 0.5) is 5.69 Å². The molecule has 0 bridgehead atoms. The molecule has 7 heteroatoms. The molecule has 0 aliphatic heterocycles. The number of nitrogens with one attached hydrogen (secondary N) is 1. The average Bonchev–Trinajstić information content (AvgIpc) is 3.38. The number of hydrogen-bond acceptors (Lipinski definition) is 5. The number of carbonyl (C=O) groups excluding carboxylic acids is 1. The lowest BCUT2D eigenvalue weighted by molar-refractivity contribution is -0.137. The first kappa shape index (κ1) is 27.1. The largest absolute Gasteiger partial charge is 0.480 e. The SMILES string of the molecule is CC(C)Cc1ccc(CCNc2ccc(-c3csc(CN(CC(=O)O)C(=O)c4ccccc4)n3)cc2)cc1. The molecule has 196 valence electrons. The molecule has 1 aromatic heterocycles. The molecule has 4 rings (SSSR count). The van der Waals surface area contributed by atoms with Crippen LogP contribution < -0.4 is 5.32 Å². The third-order valence-electron chi connectivity index (χ3n) is 6.10. The van der Waals surface area contributed by atoms with Crippen molar-refractivity contribution in [1.82, 2.24) is 9.88 Å². The number of carboxylic acid groups (broad SMARTS) is 1. The first-order valence-corrected chi connectivity index (χ1v) is 13.7. The van der Waals surface area contributed by atoms with Gasteiger partial charge in [0.05, 0.1) is 12.2 Å². The van der Waals surface area contributed by atoms with Crippen molar-refractivity contribution in [2.75, 3.05) is 18.4 Å². The quantitative estimate of drug-likeness (QED) is 0.223. The number of anilines is 1. The number of aliphatic carboxylic acids is 1. The van der Waals surface area contributed by atoms with Crippen molar-refractivity contribution in [2.45, 2.75) is 33.2 Å². The number of amides is 1. The van der Waals surface area contributed by atoms with E-state index in [9.17, 15) is 14.7 Å². The van der Waals surface area contributed by atoms with Crippen LogP contribution in [-0.2, 0) is 24.2 Å². The minimum Gasteiger partial charge on any atom is -0.480 e. The van der Waals surface area contributed by atoms with E-state index in [1.54, 1.807) is 24.3 Å². The molecule has 0 unspecified atom stereocenters. The van der Waals surface area contributed by atoms with Gasteiger partial charge in [0.15, 0.2) is 0 Å². The lowest BCUT2D eigenvalue weighted by Gasteiger charge is -2.19. The molecular formula is C31H33N3O3S. The Kier molecular flexibility index (Phi) is 9.27. The minimum atomic E-state index is -1.06. The van der Waals surface area contributed by atoms with E-state index in [1.807, 2.05) is 35.7 Å². The second-order valence-electron chi connectivity index (χ2n) is 9.72. The van der Waals surface area contributed by atoms with E-state index < -0.39 is 5.97 Å². The zero-order valence-corrected chi connectivity index (χ0v) is 22.6. The first-order chi connectivity index (χ1) is 18.4. The molecule has 0 aliphatic carbocycles. The number of nitrogens with zero attached hydrogens (tertiary/aromatic N) is 2. The van der Waals surface area contributed by atoms with Crippen molar-refractivity contribution in [2.24, 2.45) is 5.92 Å². The fraction of sp³-hybridized carbons (Fsp3) is 0.258. The lowest BCUT2D eigenvalue weighted by Crippen LogP contribution is -2.35. The van der Waals surface area contributed by atoms with Gasteiger partial charge in [0.25, 0.3) is 5.91 Å². The summed E-state index contributed by atoms with van der Waals surface area (Å²) in [7, 11) is 0. The second-order valence-corrected chi connectivity index (χ2v) is 10.7. The number of benzene rings is 3. The topological polar surface area (TPSA) is 82.5 Å². The van der Waals surface area contributed by atoms with E-state index in [0.29, 0.717) is 16.5 Å². The fourth-order valence-corrected chi connectivity index (χ4v) is 5.05. The lowest BCUT2D eigenvalue weighted by atomic mass is 10.0. The fourth-order valence-electron chi connectivity index (χ4n) is 4.23. The third-order valence-corrected chi connectivity index (χ3v) is 6.94. The highest BCUT2D eigenvalue weighted by atomic mass is 32.1. The molecule has 1 heterocycles. The van der Waals surface area contributed by atoms with E-state index in [4.69, 9.17) is 0 Å². The molecule has 0 saturated carbocycles. The summed E-state index contributed by atoms with van der Waals surface area (Å²) in [6.45, 7) is 5.08. The highest BCUT2D eigenvalue weighted by Crippen LogP contribution is 2.25. The van der Waals surface area contributed by atoms with Gasteiger partial charge in [-0.1, -0.05) is 68.4 Å². The van der Waals surface area contributed by atoms with Crippen molar-refractivity contribution in [3.63, 3.8) is 0 Å². The van der Waals surface area contributed by atoms with Gasteiger partial charge in [0, 0.05) is 28.7 Å². The molecule has 2 N–H and O–H groups in total. The van der Waals surface area contributed by atoms with Crippen molar-refractivity contribution < 1.29 is 14.7 Å². The van der Waals surface area contributed by atoms with Crippen LogP contribution in [-0.4, -0.2) is 40.0 Å². The number of carbonyl (C=O) groups is 2. The summed E-state index contributed by atoms with van der Waals surface area (Å²) in [6, 6.07) is 25.7. The maximum Gasteiger partial charge on any atom is 0.323 e. The summed E-state index contributed by atoms with van der Waals surface area (Å²) in [5.74, 6) is -0.721. The minimum absolute atomic E-state index is 0.142. The van der Waals surface area contributed by atoms with Gasteiger partial charge in [0.2, 0.25) is 0 Å². The van der Waals surface area contributed by atoms with Crippen molar-refractivity contribution >= 4 is 28.9 Å². The number of hydrogen-bond donors (Lipinski definition) is 2. The molecule has 4 aromatic rings. The molecule has 0 atom stereocenters. The van der Waals surface area contributed by atoms with Gasteiger partial charge >= 0.3 is 5.97 Å². The van der Waals surface area contributed by atoms with Crippen LogP contribution in [0.1, 0.15) is 40.3 Å². The van der Waals surface area contributed by atoms with Crippen LogP contribution in [0.15, 0.2) is 84.2 Å². The molecule has 0 fully saturated rings. The van der Waals surface area contributed by atoms with Gasteiger partial charge in [-0.3, -0.25) is 9.59 Å². The molecule has 3 aromatic carbocycles. The van der Waals surface area contributed by atoms with Gasteiger partial charge in [-0.2, -0.15) is 0 Å². The Morgan fingerprint density at radius 3 is 2.29 bits per heavy atom. The zero-order chi connectivity index (χ0) is 26.9. The summed E-state index contributed by atoms with van der Waals surface area (Å²) < 4.78 is 0. The standard InChI is InChI=1S/C31H33N3O3S/c1-22(2)18-24-10-8-23(9-11-24)16-17-32-27-14-12-25(13-15-27)28-21-38-29(33-28)19-34(20-30(35)36)31(37)26-6-4-3-5-7-26/h3-15,21-22,32H,16-20H2,1-2H3,(H,35,36). The van der Waals surface area contributed by atoms with Gasteiger partial charge in [0.1, 0.15) is 11.6 Å². The molecule has 0 saturated heterocycles. The van der Waals surface area contributed by atoms with E-state index >= 15 is 0 Å². The summed E-state index contributed by atoms with van der Waals surface area (Å²) >= 11 is 1.42. The second kappa shape index (κ2) is 13.0. The molecular weight excluding hydrogens is 494 g/mol. The summed E-state index contributed by atoms with van der Waals surface area (Å²) in [4.78, 5) is 30.2. The van der Waals surface area contributed by atoms with Crippen molar-refractivity contribution in [3.8, 4) is 11.3 Å². The first-order valence-electron chi connectivity index (χ1n) is 12.8. The maximum atomic E-state index is 12.9. The Morgan fingerprint density at radius 1 is 0.947 bits per heavy atom. The summed E-state index contributed by atoms with van der Waals surface area (Å²) in [6.07, 6.45) is 2.06. The smallest absolute Gasteiger partial charge is 0.323 e. The predicted octanol–water partition coefficient (Wildman–Crippen LogP) is 6.39. The van der Waals surface area contributed by atoms with Crippen LogP contribution in [0.2, 0.25) is 0 Å². The van der Waals surface area contributed by atoms with E-state index in [1.165, 1.54) is 27.4 Å². The van der Waals surface area contributed by atoms with Crippen LogP contribution >= 0.6 is 11.3 Å². The number of aromatic nitrogens is 1. The number of thiazole rings is 1. The van der Waals surface area contributed by atoms with E-state index in [-0.39, 0.29) is 19.0 Å². The summed E-state index contributed by atoms with van der Waals surface area (Å²) in [5, 5.41) is 15.4. The maximum absolute atomic E-state index is 12.9. The Hall–Kier alpha value is -3.97. The predicted molar refractivity (Wildman–Crippen MR) is 154 cm³/mol. The highest BCUT2D eigenvalue weighted by molar-refractivity contribution is 7.09. The number of rotatable bonds is 12. The highest BCUT2D eigenvalue weighted by Gasteiger charge is 2.20. The molecule has 38 heavy (non-hydrogen) atoms. The molecule has 0 spiro atoms. The molecule has 6 nitrogen and oxygen atoms in total. The number of carboxylic acids is 1. The van der Waals surface area contributed by atoms with E-state index in [0.717, 1.165) is 36.3 Å². The van der Waals surface area contributed by atoms with Crippen LogP contribution in [0.5, 0.6) is 0 Å². The van der Waals surface area contributed by atoms with Crippen LogP contribution in [0.25, 0.3) is 11.3 Å². The van der Waals surface area contributed by atoms with Gasteiger partial charge in [-0.15, -0.1) is 11.3 Å². The Balaban J connectivity index is 1.33. The van der Waals surface area contributed by atoms with E-state index in [2.05, 4.69) is 48.4 Å². The summed E-state index contributed by atoms with van der Waals surface area (Å²) in [5.41, 5.74) is 5.98. The Labute approximate surface area is 228 Å². The third kappa shape index (κ3) is 7.76. The van der Waals surface area contributed by atoms with Crippen molar-refractivity contribution in [3.05, 3.63) is 106 Å². The average molecular weight is 528 g/mol. The Bertz CT molecular complexity index is 1330. The van der Waals surface area contributed by atoms with Crippen molar-refractivity contribution in [1.29, 1.82) is 0 Å². The van der Waals surface area contributed by atoms with Gasteiger partial charge in [-0.25, -0.2) is 4.98 Å². The molecule has 0 radical (unpaired) electrons. The van der Waals surface area contributed by atoms with Crippen LogP contribution in [0.3, 0.4) is 0 Å².